The summed E-state index contributed by atoms with van der Waals surface area (Å²) in [7, 11) is 0. The second-order valence-electron chi connectivity index (χ2n) is 7.81. The Morgan fingerprint density at radius 1 is 1.19 bits per heavy atom. The fourth-order valence-corrected chi connectivity index (χ4v) is 4.39. The first-order valence-corrected chi connectivity index (χ1v) is 11.2. The van der Waals surface area contributed by atoms with Crippen LogP contribution in [0.1, 0.15) is 31.4 Å². The third kappa shape index (κ3) is 4.92. The summed E-state index contributed by atoms with van der Waals surface area (Å²) in [5.41, 5.74) is 4.92. The number of benzene rings is 2. The van der Waals surface area contributed by atoms with E-state index in [2.05, 4.69) is 15.3 Å². The van der Waals surface area contributed by atoms with Crippen molar-refractivity contribution in [2.75, 3.05) is 5.32 Å². The van der Waals surface area contributed by atoms with Gasteiger partial charge in [-0.25, -0.2) is 14.4 Å². The SMILES string of the molecule is CC(C)CC(=O)Nc1ccc(Cc2cc3scnc3c(-c3cccc(Cl)c3)c2F)cn1. The third-order valence-electron chi connectivity index (χ3n) is 4.83. The number of amides is 1. The van der Waals surface area contributed by atoms with Crippen LogP contribution in [0.25, 0.3) is 21.3 Å². The van der Waals surface area contributed by atoms with Crippen LogP contribution in [0.5, 0.6) is 0 Å². The number of fused-ring (bicyclic) bond motifs is 1. The van der Waals surface area contributed by atoms with Gasteiger partial charge >= 0.3 is 0 Å². The zero-order valence-corrected chi connectivity index (χ0v) is 18.7. The van der Waals surface area contributed by atoms with Crippen molar-refractivity contribution in [3.63, 3.8) is 0 Å². The highest BCUT2D eigenvalue weighted by Crippen LogP contribution is 2.36. The van der Waals surface area contributed by atoms with Crippen molar-refractivity contribution < 1.29 is 9.18 Å². The molecule has 0 unspecified atom stereocenters. The Morgan fingerprint density at radius 2 is 2.03 bits per heavy atom. The highest BCUT2D eigenvalue weighted by atomic mass is 35.5. The van der Waals surface area contributed by atoms with Crippen LogP contribution >= 0.6 is 22.9 Å². The first-order chi connectivity index (χ1) is 14.9. The van der Waals surface area contributed by atoms with Gasteiger partial charge in [-0.05, 0) is 46.9 Å². The van der Waals surface area contributed by atoms with E-state index in [1.807, 2.05) is 32.0 Å². The fraction of sp³-hybridized carbons (Fsp3) is 0.208. The van der Waals surface area contributed by atoms with E-state index in [-0.39, 0.29) is 17.6 Å². The highest BCUT2D eigenvalue weighted by Gasteiger charge is 2.18. The number of nitrogens with one attached hydrogen (secondary N) is 1. The normalized spacial score (nSPS) is 11.3. The van der Waals surface area contributed by atoms with Crippen LogP contribution in [0, 0.1) is 11.7 Å². The Balaban J connectivity index is 1.63. The van der Waals surface area contributed by atoms with Crippen molar-refractivity contribution in [1.29, 1.82) is 0 Å². The second kappa shape index (κ2) is 9.12. The molecular formula is C24H21ClFN3OS. The number of thiazole rings is 1. The molecule has 0 aliphatic heterocycles. The van der Waals surface area contributed by atoms with Crippen LogP contribution in [0.4, 0.5) is 10.2 Å². The van der Waals surface area contributed by atoms with E-state index >= 15 is 4.39 Å². The molecule has 0 atom stereocenters. The van der Waals surface area contributed by atoms with Crippen molar-refractivity contribution in [2.24, 2.45) is 5.92 Å². The van der Waals surface area contributed by atoms with E-state index in [9.17, 15) is 4.79 Å². The van der Waals surface area contributed by atoms with Crippen LogP contribution in [0.2, 0.25) is 5.02 Å². The number of anilines is 1. The van der Waals surface area contributed by atoms with Gasteiger partial charge in [0.25, 0.3) is 0 Å². The van der Waals surface area contributed by atoms with Gasteiger partial charge in [0.2, 0.25) is 5.91 Å². The summed E-state index contributed by atoms with van der Waals surface area (Å²) in [6, 6.07) is 12.6. The first-order valence-electron chi connectivity index (χ1n) is 9.96. The number of aromatic nitrogens is 2. The average Bonchev–Trinajstić information content (AvgIpc) is 3.17. The summed E-state index contributed by atoms with van der Waals surface area (Å²) in [5, 5.41) is 3.34. The lowest BCUT2D eigenvalue weighted by atomic mass is 9.97. The minimum absolute atomic E-state index is 0.0666. The van der Waals surface area contributed by atoms with Gasteiger partial charge in [-0.2, -0.15) is 0 Å². The molecule has 0 saturated heterocycles. The standard InChI is InChI=1S/C24H21ClFN3OS/c1-14(2)8-21(30)29-20-7-6-15(12-27-20)9-17-11-19-24(28-13-31-19)22(23(17)26)16-4-3-5-18(25)10-16/h3-7,10-14H,8-9H2,1-2H3,(H,27,29,30). The molecule has 0 saturated carbocycles. The van der Waals surface area contributed by atoms with Crippen LogP contribution < -0.4 is 5.32 Å². The minimum Gasteiger partial charge on any atom is -0.311 e. The molecule has 0 aliphatic rings. The minimum atomic E-state index is -0.310. The summed E-state index contributed by atoms with van der Waals surface area (Å²) >= 11 is 7.62. The maximum Gasteiger partial charge on any atom is 0.225 e. The quantitative estimate of drug-likeness (QED) is 0.352. The molecule has 0 radical (unpaired) electrons. The summed E-state index contributed by atoms with van der Waals surface area (Å²) in [5.74, 6) is 0.392. The van der Waals surface area contributed by atoms with Crippen LogP contribution in [0.3, 0.4) is 0 Å². The Bertz CT molecular complexity index is 1240. The number of nitrogens with zero attached hydrogens (tertiary/aromatic N) is 2. The molecule has 31 heavy (non-hydrogen) atoms. The summed E-state index contributed by atoms with van der Waals surface area (Å²) in [6.07, 6.45) is 2.48. The first kappa shape index (κ1) is 21.4. The number of pyridine rings is 1. The van der Waals surface area contributed by atoms with Crippen molar-refractivity contribution in [1.82, 2.24) is 9.97 Å². The van der Waals surface area contributed by atoms with E-state index in [1.165, 1.54) is 11.3 Å². The fourth-order valence-electron chi connectivity index (χ4n) is 3.46. The molecule has 158 valence electrons. The number of carbonyl (C=O) groups is 1. The monoisotopic (exact) mass is 453 g/mol. The number of hydrogen-bond acceptors (Lipinski definition) is 4. The molecule has 2 heterocycles. The predicted octanol–water partition coefficient (Wildman–Crippen LogP) is 6.73. The average molecular weight is 454 g/mol. The topological polar surface area (TPSA) is 54.9 Å². The van der Waals surface area contributed by atoms with E-state index in [0.29, 0.717) is 45.9 Å². The molecule has 7 heteroatoms. The highest BCUT2D eigenvalue weighted by molar-refractivity contribution is 7.16. The lowest BCUT2D eigenvalue weighted by Crippen LogP contribution is -2.14. The molecule has 1 N–H and O–H groups in total. The molecule has 4 nitrogen and oxygen atoms in total. The molecule has 0 bridgehead atoms. The molecule has 0 spiro atoms. The largest absolute Gasteiger partial charge is 0.311 e. The Kier molecular flexibility index (Phi) is 6.30. The van der Waals surface area contributed by atoms with Gasteiger partial charge in [-0.1, -0.05) is 43.6 Å². The van der Waals surface area contributed by atoms with Gasteiger partial charge in [0.15, 0.2) is 0 Å². The Labute approximate surface area is 189 Å². The summed E-state index contributed by atoms with van der Waals surface area (Å²) in [4.78, 5) is 20.6. The predicted molar refractivity (Wildman–Crippen MR) is 125 cm³/mol. The second-order valence-corrected chi connectivity index (χ2v) is 9.13. The Morgan fingerprint density at radius 3 is 2.74 bits per heavy atom. The zero-order valence-electron chi connectivity index (χ0n) is 17.2. The lowest BCUT2D eigenvalue weighted by molar-refractivity contribution is -0.116. The van der Waals surface area contributed by atoms with Gasteiger partial charge in [-0.15, -0.1) is 11.3 Å². The smallest absolute Gasteiger partial charge is 0.225 e. The molecule has 0 aliphatic carbocycles. The number of rotatable bonds is 6. The Hall–Kier alpha value is -2.83. The van der Waals surface area contributed by atoms with Gasteiger partial charge < -0.3 is 5.32 Å². The number of carbonyl (C=O) groups excluding carboxylic acids is 1. The van der Waals surface area contributed by atoms with E-state index < -0.39 is 0 Å². The van der Waals surface area contributed by atoms with Crippen LogP contribution in [-0.2, 0) is 11.2 Å². The van der Waals surface area contributed by atoms with E-state index in [1.54, 1.807) is 36.0 Å². The van der Waals surface area contributed by atoms with Crippen LogP contribution in [0.15, 0.2) is 54.2 Å². The van der Waals surface area contributed by atoms with Gasteiger partial charge in [0.1, 0.15) is 11.6 Å². The molecule has 2 aromatic carbocycles. The summed E-state index contributed by atoms with van der Waals surface area (Å²) in [6.45, 7) is 3.98. The maximum atomic E-state index is 15.6. The van der Waals surface area contributed by atoms with E-state index in [4.69, 9.17) is 11.6 Å². The molecule has 2 aromatic heterocycles. The van der Waals surface area contributed by atoms with Gasteiger partial charge in [0, 0.05) is 29.6 Å². The van der Waals surface area contributed by atoms with E-state index in [0.717, 1.165) is 10.3 Å². The van der Waals surface area contributed by atoms with Crippen molar-refractivity contribution in [3.8, 4) is 11.1 Å². The molecule has 4 rings (SSSR count). The summed E-state index contributed by atoms with van der Waals surface area (Å²) < 4.78 is 16.5. The van der Waals surface area contributed by atoms with Crippen molar-refractivity contribution in [3.05, 3.63) is 76.1 Å². The number of halogens is 2. The maximum absolute atomic E-state index is 15.6. The van der Waals surface area contributed by atoms with Crippen LogP contribution in [-0.4, -0.2) is 15.9 Å². The third-order valence-corrected chi connectivity index (χ3v) is 5.84. The molecule has 0 fully saturated rings. The molecule has 4 aromatic rings. The van der Waals surface area contributed by atoms with Crippen molar-refractivity contribution >= 4 is 44.9 Å². The zero-order chi connectivity index (χ0) is 22.0. The molecule has 1 amide bonds. The number of hydrogen-bond donors (Lipinski definition) is 1. The van der Waals surface area contributed by atoms with Gasteiger partial charge in [-0.3, -0.25) is 4.79 Å². The van der Waals surface area contributed by atoms with Crippen molar-refractivity contribution in [2.45, 2.75) is 26.7 Å². The molecular weight excluding hydrogens is 433 g/mol. The lowest BCUT2D eigenvalue weighted by Gasteiger charge is -2.11. The van der Waals surface area contributed by atoms with Gasteiger partial charge in [0.05, 0.1) is 15.7 Å².